The first-order valence-electron chi connectivity index (χ1n) is 9.77. The van der Waals surface area contributed by atoms with Crippen molar-refractivity contribution in [3.8, 4) is 0 Å². The van der Waals surface area contributed by atoms with Crippen molar-refractivity contribution in [2.75, 3.05) is 5.32 Å². The summed E-state index contributed by atoms with van der Waals surface area (Å²) in [5.74, 6) is -1.09. The first kappa shape index (κ1) is 19.7. The van der Waals surface area contributed by atoms with Crippen molar-refractivity contribution in [2.45, 2.75) is 51.2 Å². The van der Waals surface area contributed by atoms with Crippen LogP contribution in [0, 0.1) is 11.2 Å². The quantitative estimate of drug-likeness (QED) is 0.581. The second-order valence-electron chi connectivity index (χ2n) is 7.60. The van der Waals surface area contributed by atoms with Crippen LogP contribution in [-0.4, -0.2) is 33.3 Å². The summed E-state index contributed by atoms with van der Waals surface area (Å²) in [6.07, 6.45) is 9.67. The molecule has 1 saturated carbocycles. The number of rotatable bonds is 5. The largest absolute Gasteiger partial charge is 0.481 e. The molecule has 1 aromatic heterocycles. The molecule has 0 radical (unpaired) electrons. The normalized spacial score (nSPS) is 28.3. The lowest BCUT2D eigenvalue weighted by atomic mass is 9.68. The Balaban J connectivity index is 1.64. The third-order valence-corrected chi connectivity index (χ3v) is 6.30. The van der Waals surface area contributed by atoms with Gasteiger partial charge >= 0.3 is 5.97 Å². The molecule has 1 unspecified atom stereocenters. The van der Waals surface area contributed by atoms with E-state index in [1.165, 1.54) is 0 Å². The summed E-state index contributed by atoms with van der Waals surface area (Å²) in [4.78, 5) is 20.6. The number of allylic oxidation sites excluding steroid dienone is 2. The summed E-state index contributed by atoms with van der Waals surface area (Å²) in [7, 11) is 0. The first-order valence-corrected chi connectivity index (χ1v) is 10.1. The van der Waals surface area contributed by atoms with E-state index in [1.807, 2.05) is 13.0 Å². The van der Waals surface area contributed by atoms with Gasteiger partial charge in [-0.2, -0.15) is 0 Å². The summed E-state index contributed by atoms with van der Waals surface area (Å²) in [5.41, 5.74) is 0.644. The highest BCUT2D eigenvalue weighted by Gasteiger charge is 2.46. The number of aromatic nitrogens is 2. The Morgan fingerprint density at radius 2 is 2.21 bits per heavy atom. The Morgan fingerprint density at radius 3 is 2.97 bits per heavy atom. The maximum Gasteiger partial charge on any atom is 0.311 e. The number of hydrogen-bond acceptors (Lipinski definition) is 6. The van der Waals surface area contributed by atoms with E-state index in [1.54, 1.807) is 12.4 Å². The molecule has 3 atom stereocenters. The number of anilines is 1. The average molecular weight is 420 g/mol. The summed E-state index contributed by atoms with van der Waals surface area (Å²) >= 11 is 6.10. The third kappa shape index (κ3) is 3.46. The fourth-order valence-electron chi connectivity index (χ4n) is 4.38. The van der Waals surface area contributed by atoms with Crippen molar-refractivity contribution in [2.24, 2.45) is 5.41 Å². The Kier molecular flexibility index (Phi) is 5.21. The van der Waals surface area contributed by atoms with Crippen LogP contribution in [-0.2, 0) is 4.79 Å². The van der Waals surface area contributed by atoms with Gasteiger partial charge in [-0.15, -0.1) is 0 Å². The highest BCUT2D eigenvalue weighted by Crippen LogP contribution is 2.41. The second-order valence-corrected chi connectivity index (χ2v) is 8.04. The van der Waals surface area contributed by atoms with E-state index in [-0.39, 0.29) is 12.0 Å². The number of carboxylic acid groups (broad SMARTS) is 1. The van der Waals surface area contributed by atoms with E-state index in [0.29, 0.717) is 35.7 Å². The molecule has 0 spiro atoms. The molecule has 1 fully saturated rings. The molecule has 3 aliphatic rings. The van der Waals surface area contributed by atoms with Crippen molar-refractivity contribution < 1.29 is 14.3 Å². The SMILES string of the molecule is CC[C@@]1(C(=O)O)CCCC[C@H]1Nc1nc(C2=CNC3NC=C(Cl)C=C23)ncc1F. The van der Waals surface area contributed by atoms with Crippen LogP contribution >= 0.6 is 11.6 Å². The number of nitrogens with one attached hydrogen (secondary N) is 3. The van der Waals surface area contributed by atoms with E-state index in [0.717, 1.165) is 24.6 Å². The molecule has 154 valence electrons. The highest BCUT2D eigenvalue weighted by atomic mass is 35.5. The molecule has 9 heteroatoms. The van der Waals surface area contributed by atoms with Gasteiger partial charge in [-0.1, -0.05) is 31.4 Å². The first-order chi connectivity index (χ1) is 13.9. The van der Waals surface area contributed by atoms with Gasteiger partial charge in [0, 0.05) is 29.6 Å². The number of halogens is 2. The van der Waals surface area contributed by atoms with Crippen molar-refractivity contribution in [1.29, 1.82) is 0 Å². The maximum atomic E-state index is 14.5. The van der Waals surface area contributed by atoms with Gasteiger partial charge in [-0.3, -0.25) is 4.79 Å². The van der Waals surface area contributed by atoms with Gasteiger partial charge in [-0.25, -0.2) is 14.4 Å². The molecule has 2 aliphatic heterocycles. The predicted molar refractivity (Wildman–Crippen MR) is 108 cm³/mol. The van der Waals surface area contributed by atoms with Gasteiger partial charge in [0.25, 0.3) is 0 Å². The molecule has 1 aromatic rings. The summed E-state index contributed by atoms with van der Waals surface area (Å²) in [6.45, 7) is 1.87. The zero-order chi connectivity index (χ0) is 20.6. The molecule has 7 nitrogen and oxygen atoms in total. The van der Waals surface area contributed by atoms with Crippen LogP contribution in [0.3, 0.4) is 0 Å². The van der Waals surface area contributed by atoms with E-state index in [2.05, 4.69) is 25.9 Å². The monoisotopic (exact) mass is 419 g/mol. The van der Waals surface area contributed by atoms with Crippen LogP contribution in [0.25, 0.3) is 5.57 Å². The average Bonchev–Trinajstić information content (AvgIpc) is 3.13. The number of nitrogens with zero attached hydrogens (tertiary/aromatic N) is 2. The molecule has 0 aromatic carbocycles. The van der Waals surface area contributed by atoms with Gasteiger partial charge in [0.1, 0.15) is 6.17 Å². The van der Waals surface area contributed by atoms with Gasteiger partial charge in [-0.05, 0) is 25.3 Å². The van der Waals surface area contributed by atoms with E-state index < -0.39 is 23.2 Å². The van der Waals surface area contributed by atoms with Crippen LogP contribution in [0.1, 0.15) is 44.9 Å². The third-order valence-electron chi connectivity index (χ3n) is 6.08. The zero-order valence-corrected chi connectivity index (χ0v) is 16.8. The standard InChI is InChI=1S/C20H23ClFN5O2/c1-2-20(19(28)29)6-4-3-5-15(20)26-18-14(22)10-25-17(27-18)13-9-24-16-12(13)7-11(21)8-23-16/h7-10,15-16,23-24H,2-6H2,1H3,(H,28,29)(H,25,26,27)/t15-,16?,20-/m1/s1. The zero-order valence-electron chi connectivity index (χ0n) is 16.0. The Hall–Kier alpha value is -2.61. The Bertz CT molecular complexity index is 931. The number of aliphatic carboxylic acids is 1. The minimum absolute atomic E-state index is 0.0244. The molecule has 0 saturated heterocycles. The molecule has 0 amide bonds. The van der Waals surface area contributed by atoms with Crippen molar-refractivity contribution in [3.63, 3.8) is 0 Å². The van der Waals surface area contributed by atoms with Crippen molar-refractivity contribution in [3.05, 3.63) is 46.9 Å². The van der Waals surface area contributed by atoms with Crippen molar-refractivity contribution in [1.82, 2.24) is 20.6 Å². The van der Waals surface area contributed by atoms with Gasteiger partial charge in [0.15, 0.2) is 17.5 Å². The van der Waals surface area contributed by atoms with Gasteiger partial charge < -0.3 is 21.1 Å². The predicted octanol–water partition coefficient (Wildman–Crippen LogP) is 3.33. The molecular formula is C20H23ClFN5O2. The molecule has 3 heterocycles. The molecule has 1 aliphatic carbocycles. The van der Waals surface area contributed by atoms with Gasteiger partial charge in [0.05, 0.1) is 16.6 Å². The number of carbonyl (C=O) groups is 1. The second kappa shape index (κ2) is 7.67. The summed E-state index contributed by atoms with van der Waals surface area (Å²) < 4.78 is 14.5. The fourth-order valence-corrected chi connectivity index (χ4v) is 4.56. The number of dihydropyridines is 1. The lowest BCUT2D eigenvalue weighted by Gasteiger charge is -2.40. The molecule has 29 heavy (non-hydrogen) atoms. The Morgan fingerprint density at radius 1 is 1.41 bits per heavy atom. The van der Waals surface area contributed by atoms with Crippen LogP contribution in [0.4, 0.5) is 10.2 Å². The number of fused-ring (bicyclic) bond motifs is 1. The summed E-state index contributed by atoms with van der Waals surface area (Å²) in [6, 6.07) is -0.396. The van der Waals surface area contributed by atoms with E-state index in [4.69, 9.17) is 11.6 Å². The Labute approximate surface area is 173 Å². The fraction of sp³-hybridized carbons (Fsp3) is 0.450. The van der Waals surface area contributed by atoms with Crippen LogP contribution in [0.2, 0.25) is 0 Å². The maximum absolute atomic E-state index is 14.5. The minimum Gasteiger partial charge on any atom is -0.481 e. The summed E-state index contributed by atoms with van der Waals surface area (Å²) in [5, 5.41) is 19.8. The smallest absolute Gasteiger partial charge is 0.311 e. The molecule has 0 bridgehead atoms. The van der Waals surface area contributed by atoms with Crippen molar-refractivity contribution >= 4 is 29.0 Å². The van der Waals surface area contributed by atoms with E-state index >= 15 is 0 Å². The van der Waals surface area contributed by atoms with Crippen LogP contribution in [0.5, 0.6) is 0 Å². The topological polar surface area (TPSA) is 99.2 Å². The lowest BCUT2D eigenvalue weighted by molar-refractivity contribution is -0.152. The van der Waals surface area contributed by atoms with Crippen LogP contribution in [0.15, 0.2) is 35.3 Å². The van der Waals surface area contributed by atoms with Crippen LogP contribution < -0.4 is 16.0 Å². The number of hydrogen-bond donors (Lipinski definition) is 4. The molecule has 4 N–H and O–H groups in total. The number of carboxylic acids is 1. The molecule has 4 rings (SSSR count). The van der Waals surface area contributed by atoms with E-state index in [9.17, 15) is 14.3 Å². The minimum atomic E-state index is -0.927. The van der Waals surface area contributed by atoms with Gasteiger partial charge in [0.2, 0.25) is 0 Å². The highest BCUT2D eigenvalue weighted by molar-refractivity contribution is 6.31. The molecular weight excluding hydrogens is 397 g/mol. The lowest BCUT2D eigenvalue weighted by Crippen LogP contribution is -2.48.